The first-order valence-electron chi connectivity index (χ1n) is 20.7. The molecule has 0 saturated carbocycles. The first-order chi connectivity index (χ1) is 28.6. The number of cyclic esters (lactones) is 1. The summed E-state index contributed by atoms with van der Waals surface area (Å²) in [5.41, 5.74) is 2.96. The van der Waals surface area contributed by atoms with Gasteiger partial charge in [0, 0.05) is 43.9 Å². The van der Waals surface area contributed by atoms with Crippen LogP contribution in [0.15, 0.2) is 66.3 Å². The molecule has 1 aromatic rings. The average molecular weight is 855 g/mol. The lowest BCUT2D eigenvalue weighted by Gasteiger charge is -2.36. The number of hydrogen-bond acceptors (Lipinski definition) is 12. The number of carbonyl (C=O) groups is 6. The molecule has 61 heavy (non-hydrogen) atoms. The van der Waals surface area contributed by atoms with Crippen LogP contribution in [0, 0.1) is 23.6 Å². The second-order valence-electron chi connectivity index (χ2n) is 17.1. The zero-order chi connectivity index (χ0) is 45.6. The van der Waals surface area contributed by atoms with Gasteiger partial charge in [0.2, 0.25) is 11.8 Å². The summed E-state index contributed by atoms with van der Waals surface area (Å²) in [7, 11) is 0. The number of nitrogens with one attached hydrogen (secondary N) is 3. The fraction of sp³-hybridized carbons (Fsp3) is 0.556. The van der Waals surface area contributed by atoms with Crippen LogP contribution in [0.4, 0.5) is 4.39 Å². The van der Waals surface area contributed by atoms with Crippen molar-refractivity contribution in [3.63, 3.8) is 0 Å². The van der Waals surface area contributed by atoms with Crippen molar-refractivity contribution < 1.29 is 58.0 Å². The number of halogens is 1. The van der Waals surface area contributed by atoms with Crippen LogP contribution in [-0.4, -0.2) is 104 Å². The molecule has 1 saturated heterocycles. The topological polar surface area (TPSA) is 221 Å². The van der Waals surface area contributed by atoms with Gasteiger partial charge in [0.05, 0.1) is 18.1 Å². The van der Waals surface area contributed by atoms with E-state index in [-0.39, 0.29) is 50.0 Å². The number of allylic oxidation sites excluding steroid dienone is 4. The Morgan fingerprint density at radius 1 is 1.05 bits per heavy atom. The highest BCUT2D eigenvalue weighted by molar-refractivity contribution is 5.93. The normalized spacial score (nSPS) is 27.9. The molecule has 336 valence electrons. The van der Waals surface area contributed by atoms with Crippen molar-refractivity contribution in [3.05, 3.63) is 77.7 Å². The Bertz CT molecular complexity index is 1830. The van der Waals surface area contributed by atoms with E-state index in [9.17, 15) is 48.5 Å². The van der Waals surface area contributed by atoms with Gasteiger partial charge in [-0.3, -0.25) is 24.2 Å². The Morgan fingerprint density at radius 2 is 1.75 bits per heavy atom. The summed E-state index contributed by atoms with van der Waals surface area (Å²) in [4.78, 5) is 80.4. The summed E-state index contributed by atoms with van der Waals surface area (Å²) in [5.74, 6) is -7.60. The highest BCUT2D eigenvalue weighted by Crippen LogP contribution is 2.24. The number of aromatic hydroxyl groups is 1. The van der Waals surface area contributed by atoms with Crippen molar-refractivity contribution in [3.8, 4) is 5.75 Å². The Morgan fingerprint density at radius 3 is 2.39 bits per heavy atom. The number of fused-ring (bicyclic) bond motifs is 2. The second-order valence-corrected chi connectivity index (χ2v) is 17.1. The van der Waals surface area contributed by atoms with Crippen LogP contribution in [0.2, 0.25) is 0 Å². The van der Waals surface area contributed by atoms with Gasteiger partial charge in [-0.1, -0.05) is 57.2 Å². The maximum Gasteiger partial charge on any atom is 0.331 e. The minimum absolute atomic E-state index is 0.0631. The number of rotatable bonds is 9. The van der Waals surface area contributed by atoms with Crippen molar-refractivity contribution in [2.75, 3.05) is 6.54 Å². The molecule has 0 spiro atoms. The standard InChI is InChI=1S/C45H63FN4O11/c1-26(2)39-42(57)47-35(24-30-22-31(46)25-32(52)23-30)43(58)50-21-13-15-34(49-50)44(59)60-37(27(3)14-12-18-38(54)61-45(6,7)8)17-11-9-10-16-36(53)29(5)40(55)33(41(56)48-39)20-19-28(4)51/h9-12,14,16,18,22-23,25-26,29,33-37,39-40,49,52-53,55H,13,15,17,19-21,24H2,1-8H3,(H,47,57)(H,48,56)/b11-9+,16-10+,18-12+,27-14+/t29-,33+,34-,35-,36-,37-,39-,40+/m0/s1. The molecule has 6 N–H and O–H groups in total. The molecule has 0 radical (unpaired) electrons. The van der Waals surface area contributed by atoms with Crippen LogP contribution in [0.25, 0.3) is 0 Å². The molecule has 15 nitrogen and oxygen atoms in total. The quantitative estimate of drug-likeness (QED) is 0.119. The summed E-state index contributed by atoms with van der Waals surface area (Å²) in [5, 5.41) is 39.2. The first-order valence-corrected chi connectivity index (χ1v) is 20.7. The van der Waals surface area contributed by atoms with Crippen LogP contribution in [0.1, 0.15) is 93.1 Å². The van der Waals surface area contributed by atoms with E-state index in [0.717, 1.165) is 12.1 Å². The number of phenols is 1. The number of hydrogen-bond donors (Lipinski definition) is 6. The van der Waals surface area contributed by atoms with Crippen LogP contribution in [-0.2, 0) is 44.7 Å². The molecule has 1 aromatic carbocycles. The smallest absolute Gasteiger partial charge is 0.331 e. The lowest BCUT2D eigenvalue weighted by molar-refractivity contribution is -0.156. The lowest BCUT2D eigenvalue weighted by atomic mass is 9.84. The van der Waals surface area contributed by atoms with Gasteiger partial charge in [0.1, 0.15) is 47.2 Å². The number of benzene rings is 1. The summed E-state index contributed by atoms with van der Waals surface area (Å²) in [6.07, 6.45) is 7.39. The van der Waals surface area contributed by atoms with E-state index in [1.54, 1.807) is 59.8 Å². The van der Waals surface area contributed by atoms with Crippen LogP contribution in [0.5, 0.6) is 5.75 Å². The molecular weight excluding hydrogens is 792 g/mol. The van der Waals surface area contributed by atoms with E-state index in [2.05, 4.69) is 16.1 Å². The van der Waals surface area contributed by atoms with Gasteiger partial charge in [-0.05, 0) is 83.1 Å². The highest BCUT2D eigenvalue weighted by atomic mass is 19.1. The Hall–Kier alpha value is -5.19. The fourth-order valence-corrected chi connectivity index (χ4v) is 6.84. The molecule has 1 fully saturated rings. The number of phenolic OH excluding ortho intramolecular Hbond substituents is 1. The number of ether oxygens (including phenoxy) is 2. The Kier molecular flexibility index (Phi) is 19.0. The predicted molar refractivity (Wildman–Crippen MR) is 224 cm³/mol. The van der Waals surface area contributed by atoms with E-state index >= 15 is 0 Å². The molecule has 8 atom stereocenters. The van der Waals surface area contributed by atoms with E-state index in [0.29, 0.717) is 12.0 Å². The second kappa shape index (κ2) is 23.1. The van der Waals surface area contributed by atoms with Crippen molar-refractivity contribution in [2.45, 2.75) is 136 Å². The molecule has 0 aliphatic carbocycles. The maximum absolute atomic E-state index is 14.4. The van der Waals surface area contributed by atoms with Crippen molar-refractivity contribution >= 4 is 35.4 Å². The largest absolute Gasteiger partial charge is 0.508 e. The molecule has 2 aliphatic heterocycles. The summed E-state index contributed by atoms with van der Waals surface area (Å²) in [6.45, 7) is 13.3. The third-order valence-electron chi connectivity index (χ3n) is 10.3. The zero-order valence-corrected chi connectivity index (χ0v) is 36.4. The van der Waals surface area contributed by atoms with Crippen molar-refractivity contribution in [2.24, 2.45) is 17.8 Å². The minimum Gasteiger partial charge on any atom is -0.508 e. The number of nitrogens with zero attached hydrogens (tertiary/aromatic N) is 1. The van der Waals surface area contributed by atoms with Crippen LogP contribution in [0.3, 0.4) is 0 Å². The third kappa shape index (κ3) is 16.3. The number of hydrazine groups is 1. The van der Waals surface area contributed by atoms with E-state index in [1.807, 2.05) is 0 Å². The number of Topliss-reactive ketones (excluding diaryl/α,β-unsaturated/α-hetero) is 1. The van der Waals surface area contributed by atoms with Gasteiger partial charge in [-0.2, -0.15) is 0 Å². The van der Waals surface area contributed by atoms with Gasteiger partial charge < -0.3 is 40.2 Å². The monoisotopic (exact) mass is 854 g/mol. The van der Waals surface area contributed by atoms with Gasteiger partial charge in [-0.25, -0.2) is 14.6 Å². The molecule has 3 rings (SSSR count). The number of amides is 3. The lowest BCUT2D eigenvalue weighted by Crippen LogP contribution is -2.62. The van der Waals surface area contributed by atoms with E-state index < -0.39 is 101 Å². The molecule has 2 aliphatic rings. The van der Waals surface area contributed by atoms with Crippen molar-refractivity contribution in [1.29, 1.82) is 0 Å². The molecule has 2 heterocycles. The third-order valence-corrected chi connectivity index (χ3v) is 10.3. The zero-order valence-electron chi connectivity index (χ0n) is 36.4. The van der Waals surface area contributed by atoms with Gasteiger partial charge >= 0.3 is 11.9 Å². The predicted octanol–water partition coefficient (Wildman–Crippen LogP) is 3.81. The van der Waals surface area contributed by atoms with Crippen LogP contribution >= 0.6 is 0 Å². The molecular formula is C45H63FN4O11. The number of aliphatic hydroxyl groups excluding tert-OH is 2. The first kappa shape index (κ1) is 50.2. The number of aliphatic hydroxyl groups is 2. The van der Waals surface area contributed by atoms with Crippen LogP contribution < -0.4 is 16.1 Å². The SMILES string of the molecule is CC(=O)CC[C@H]1C(=O)N[C@@H](C(C)C)C(=O)N[C@@H](Cc2cc(O)cc(F)c2)C(=O)N2CCC[C@H](N2)C(=O)O[C@H](/C(C)=C/C=C/C(=O)OC(C)(C)C)C/C=C/C=C/[C@H](O)[C@H](C)[C@H]1O. The van der Waals surface area contributed by atoms with E-state index in [4.69, 9.17) is 9.47 Å². The molecule has 2 bridgehead atoms. The number of carbonyl (C=O) groups excluding carboxylic acids is 6. The highest BCUT2D eigenvalue weighted by Gasteiger charge is 2.38. The molecule has 0 aromatic heterocycles. The van der Waals surface area contributed by atoms with Gasteiger partial charge in [-0.15, -0.1) is 0 Å². The van der Waals surface area contributed by atoms with Gasteiger partial charge in [0.15, 0.2) is 0 Å². The van der Waals surface area contributed by atoms with Crippen molar-refractivity contribution in [1.82, 2.24) is 21.1 Å². The van der Waals surface area contributed by atoms with Gasteiger partial charge in [0.25, 0.3) is 5.91 Å². The summed E-state index contributed by atoms with van der Waals surface area (Å²) < 4.78 is 25.7. The Labute approximate surface area is 357 Å². The number of esters is 2. The average Bonchev–Trinajstić information content (AvgIpc) is 3.16. The number of ketones is 1. The summed E-state index contributed by atoms with van der Waals surface area (Å²) >= 11 is 0. The fourth-order valence-electron chi connectivity index (χ4n) is 6.84. The minimum atomic E-state index is -1.46. The molecule has 0 unspecified atom stereocenters. The Balaban J connectivity index is 2.09. The molecule has 16 heteroatoms. The molecule has 3 amide bonds. The maximum atomic E-state index is 14.4. The summed E-state index contributed by atoms with van der Waals surface area (Å²) in [6, 6.07) is -0.422. The van der Waals surface area contributed by atoms with E-state index in [1.165, 1.54) is 49.2 Å².